The number of urea groups is 1. The van der Waals surface area contributed by atoms with Gasteiger partial charge in [-0.3, -0.25) is 0 Å². The molecule has 2 aromatic rings. The number of hydrogen-bond donors (Lipinski definition) is 1. The summed E-state index contributed by atoms with van der Waals surface area (Å²) in [5, 5.41) is 2.92. The minimum absolute atomic E-state index is 0.0639. The van der Waals surface area contributed by atoms with Gasteiger partial charge in [-0.25, -0.2) is 9.59 Å². The summed E-state index contributed by atoms with van der Waals surface area (Å²) in [6, 6.07) is 17.1. The van der Waals surface area contributed by atoms with Crippen LogP contribution in [0.4, 0.5) is 9.59 Å². The van der Waals surface area contributed by atoms with E-state index in [-0.39, 0.29) is 30.9 Å². The van der Waals surface area contributed by atoms with Gasteiger partial charge in [0, 0.05) is 27.1 Å². The number of hydrogen-bond acceptors (Lipinski definition) is 4. The number of benzene rings is 2. The lowest BCUT2D eigenvalue weighted by Crippen LogP contribution is -2.36. The highest BCUT2D eigenvalue weighted by Crippen LogP contribution is 2.22. The van der Waals surface area contributed by atoms with Crippen LogP contribution in [0.3, 0.4) is 0 Å². The average Bonchev–Trinajstić information content (AvgIpc) is 3.21. The molecule has 30 heavy (non-hydrogen) atoms. The van der Waals surface area contributed by atoms with E-state index in [1.807, 2.05) is 61.5 Å². The van der Waals surface area contributed by atoms with Gasteiger partial charge >= 0.3 is 12.1 Å². The first-order valence-electron chi connectivity index (χ1n) is 10.1. The summed E-state index contributed by atoms with van der Waals surface area (Å²) in [4.78, 5) is 27.3. The summed E-state index contributed by atoms with van der Waals surface area (Å²) >= 11 is 0. The summed E-state index contributed by atoms with van der Waals surface area (Å²) in [6.45, 7) is 3.33. The maximum Gasteiger partial charge on any atom is 0.410 e. The summed E-state index contributed by atoms with van der Waals surface area (Å²) in [6.07, 6.45) is 0.383. The van der Waals surface area contributed by atoms with Crippen LogP contribution in [0.1, 0.15) is 30.5 Å². The van der Waals surface area contributed by atoms with Gasteiger partial charge in [-0.1, -0.05) is 42.5 Å². The largest absolute Gasteiger partial charge is 0.489 e. The zero-order chi connectivity index (χ0) is 21.5. The fraction of sp³-hybridized carbons (Fsp3) is 0.391. The molecule has 3 rings (SSSR count). The van der Waals surface area contributed by atoms with E-state index in [2.05, 4.69) is 5.32 Å². The molecule has 7 nitrogen and oxygen atoms in total. The Morgan fingerprint density at radius 3 is 2.50 bits per heavy atom. The predicted octanol–water partition coefficient (Wildman–Crippen LogP) is 3.81. The molecule has 7 heteroatoms. The second-order valence-corrected chi connectivity index (χ2v) is 7.65. The second-order valence-electron chi connectivity index (χ2n) is 7.65. The number of nitrogens with one attached hydrogen (secondary N) is 1. The molecule has 160 valence electrons. The molecule has 2 atom stereocenters. The summed E-state index contributed by atoms with van der Waals surface area (Å²) in [7, 11) is 3.42. The molecule has 0 radical (unpaired) electrons. The maximum absolute atomic E-state index is 12.3. The number of carbonyl (C=O) groups excluding carboxylic acids is 2. The van der Waals surface area contributed by atoms with Crippen LogP contribution < -0.4 is 10.1 Å². The third-order valence-corrected chi connectivity index (χ3v) is 5.04. The van der Waals surface area contributed by atoms with Crippen molar-refractivity contribution in [3.8, 4) is 5.75 Å². The van der Waals surface area contributed by atoms with Crippen molar-refractivity contribution in [1.82, 2.24) is 15.1 Å². The van der Waals surface area contributed by atoms with Crippen molar-refractivity contribution in [3.05, 3.63) is 65.7 Å². The number of amides is 3. The quantitative estimate of drug-likeness (QED) is 0.785. The number of likely N-dealkylation sites (tertiary alicyclic amines) is 1. The zero-order valence-corrected chi connectivity index (χ0v) is 17.7. The normalized spacial score (nSPS) is 16.6. The Kier molecular flexibility index (Phi) is 7.17. The highest BCUT2D eigenvalue weighted by molar-refractivity contribution is 5.74. The molecular weight excluding hydrogens is 382 g/mol. The first-order valence-corrected chi connectivity index (χ1v) is 10.1. The first kappa shape index (κ1) is 21.5. The van der Waals surface area contributed by atoms with Gasteiger partial charge < -0.3 is 24.6 Å². The number of ether oxygens (including phenoxy) is 2. The van der Waals surface area contributed by atoms with Crippen molar-refractivity contribution >= 4 is 12.1 Å². The molecule has 0 aliphatic carbocycles. The Morgan fingerprint density at radius 1 is 1.13 bits per heavy atom. The van der Waals surface area contributed by atoms with Crippen LogP contribution in [0, 0.1) is 0 Å². The van der Waals surface area contributed by atoms with Crippen LogP contribution in [-0.2, 0) is 11.3 Å². The number of rotatable bonds is 6. The van der Waals surface area contributed by atoms with Crippen LogP contribution in [0.5, 0.6) is 5.75 Å². The molecule has 0 spiro atoms. The Labute approximate surface area is 177 Å². The van der Waals surface area contributed by atoms with Gasteiger partial charge in [0.2, 0.25) is 0 Å². The van der Waals surface area contributed by atoms with E-state index in [1.54, 1.807) is 19.0 Å². The van der Waals surface area contributed by atoms with Gasteiger partial charge in [0.1, 0.15) is 18.5 Å². The van der Waals surface area contributed by atoms with E-state index < -0.39 is 0 Å². The lowest BCUT2D eigenvalue weighted by atomic mass is 10.1. The first-order chi connectivity index (χ1) is 14.4. The monoisotopic (exact) mass is 411 g/mol. The Bertz CT molecular complexity index is 839. The van der Waals surface area contributed by atoms with Crippen molar-refractivity contribution in [2.45, 2.75) is 32.1 Å². The minimum atomic E-state index is -0.314. The summed E-state index contributed by atoms with van der Waals surface area (Å²) < 4.78 is 11.4. The molecule has 1 saturated heterocycles. The number of carbonyl (C=O) groups is 2. The molecule has 0 saturated carbocycles. The summed E-state index contributed by atoms with van der Waals surface area (Å²) in [5.41, 5.74) is 1.96. The average molecular weight is 412 g/mol. The molecule has 1 heterocycles. The molecule has 0 bridgehead atoms. The van der Waals surface area contributed by atoms with Gasteiger partial charge in [-0.05, 0) is 30.2 Å². The van der Waals surface area contributed by atoms with Gasteiger partial charge in [0.25, 0.3) is 0 Å². The smallest absolute Gasteiger partial charge is 0.410 e. The van der Waals surface area contributed by atoms with Crippen molar-refractivity contribution in [1.29, 1.82) is 0 Å². The fourth-order valence-electron chi connectivity index (χ4n) is 3.23. The van der Waals surface area contributed by atoms with Gasteiger partial charge in [0.15, 0.2) is 0 Å². The molecule has 3 amide bonds. The van der Waals surface area contributed by atoms with E-state index in [4.69, 9.17) is 9.47 Å². The third-order valence-electron chi connectivity index (χ3n) is 5.04. The molecule has 0 aromatic heterocycles. The second kappa shape index (κ2) is 10.0. The van der Waals surface area contributed by atoms with Crippen molar-refractivity contribution < 1.29 is 19.1 Å². The zero-order valence-electron chi connectivity index (χ0n) is 17.7. The van der Waals surface area contributed by atoms with E-state index in [0.29, 0.717) is 13.1 Å². The van der Waals surface area contributed by atoms with Gasteiger partial charge in [0.05, 0.1) is 12.6 Å². The van der Waals surface area contributed by atoms with Crippen LogP contribution in [-0.4, -0.2) is 55.2 Å². The fourth-order valence-corrected chi connectivity index (χ4v) is 3.23. The van der Waals surface area contributed by atoms with Crippen molar-refractivity contribution in [2.24, 2.45) is 0 Å². The van der Waals surface area contributed by atoms with Gasteiger partial charge in [-0.15, -0.1) is 0 Å². The SMILES string of the molecule is C[C@H](NC(=O)N(C)C)c1ccc(O[C@@H]2CCN(C(=O)OCc3ccccc3)C2)cc1. The van der Waals surface area contributed by atoms with E-state index in [0.717, 1.165) is 23.3 Å². The molecule has 0 unspecified atom stereocenters. The van der Waals surface area contributed by atoms with Crippen molar-refractivity contribution in [2.75, 3.05) is 27.2 Å². The number of nitrogens with zero attached hydrogens (tertiary/aromatic N) is 2. The Balaban J connectivity index is 1.45. The third kappa shape index (κ3) is 5.89. The van der Waals surface area contributed by atoms with Gasteiger partial charge in [-0.2, -0.15) is 0 Å². The van der Waals surface area contributed by atoms with E-state index in [9.17, 15) is 9.59 Å². The minimum Gasteiger partial charge on any atom is -0.489 e. The van der Waals surface area contributed by atoms with E-state index in [1.165, 1.54) is 4.90 Å². The topological polar surface area (TPSA) is 71.1 Å². The molecule has 1 aliphatic heterocycles. The van der Waals surface area contributed by atoms with Crippen LogP contribution in [0.15, 0.2) is 54.6 Å². The molecule has 2 aromatic carbocycles. The standard InChI is InChI=1S/C23H29N3O4/c1-17(24-22(27)25(2)3)19-9-11-20(12-10-19)30-21-13-14-26(15-21)23(28)29-16-18-7-5-4-6-8-18/h4-12,17,21H,13-16H2,1-3H3,(H,24,27)/t17-,21+/m0/s1. The maximum atomic E-state index is 12.3. The Hall–Kier alpha value is -3.22. The van der Waals surface area contributed by atoms with Crippen LogP contribution >= 0.6 is 0 Å². The Morgan fingerprint density at radius 2 is 1.83 bits per heavy atom. The lowest BCUT2D eigenvalue weighted by molar-refractivity contribution is 0.0991. The highest BCUT2D eigenvalue weighted by Gasteiger charge is 2.28. The highest BCUT2D eigenvalue weighted by atomic mass is 16.6. The molecular formula is C23H29N3O4. The molecule has 1 fully saturated rings. The van der Waals surface area contributed by atoms with Crippen LogP contribution in [0.25, 0.3) is 0 Å². The molecule has 1 N–H and O–H groups in total. The van der Waals surface area contributed by atoms with Crippen molar-refractivity contribution in [3.63, 3.8) is 0 Å². The lowest BCUT2D eigenvalue weighted by Gasteiger charge is -2.19. The summed E-state index contributed by atoms with van der Waals surface area (Å²) in [5.74, 6) is 0.745. The predicted molar refractivity (Wildman–Crippen MR) is 114 cm³/mol. The van der Waals surface area contributed by atoms with E-state index >= 15 is 0 Å². The van der Waals surface area contributed by atoms with Crippen LogP contribution in [0.2, 0.25) is 0 Å². The molecule has 1 aliphatic rings.